The summed E-state index contributed by atoms with van der Waals surface area (Å²) in [5.74, 6) is 7.45. The van der Waals surface area contributed by atoms with Crippen LogP contribution in [0, 0.1) is 5.92 Å². The van der Waals surface area contributed by atoms with Crippen LogP contribution < -0.4 is 11.3 Å². The molecule has 0 unspecified atom stereocenters. The number of nitrogens with zero attached hydrogens (tertiary/aromatic N) is 3. The largest absolute Gasteiger partial charge is 0.308 e. The average molecular weight is 257 g/mol. The number of rotatable bonds is 5. The number of hydrazine groups is 1. The molecule has 2 heterocycles. The Bertz CT molecular complexity index is 525. The number of hydrogen-bond acceptors (Lipinski definition) is 5. The minimum absolute atomic E-state index is 0.550. The molecule has 0 amide bonds. The molecule has 19 heavy (non-hydrogen) atoms. The predicted molar refractivity (Wildman–Crippen MR) is 75.4 cm³/mol. The lowest BCUT2D eigenvalue weighted by atomic mass is 10.1. The highest BCUT2D eigenvalue weighted by atomic mass is 15.3. The second-order valence-electron chi connectivity index (χ2n) is 4.94. The Labute approximate surface area is 113 Å². The Morgan fingerprint density at radius 2 is 1.95 bits per heavy atom. The molecule has 5 heteroatoms. The minimum atomic E-state index is 0.550. The van der Waals surface area contributed by atoms with Crippen molar-refractivity contribution in [3.05, 3.63) is 47.7 Å². The number of anilines is 1. The third-order valence-electron chi connectivity index (χ3n) is 2.70. The maximum atomic E-state index is 5.46. The molecule has 0 saturated heterocycles. The van der Waals surface area contributed by atoms with E-state index in [1.54, 1.807) is 12.4 Å². The van der Waals surface area contributed by atoms with Crippen molar-refractivity contribution in [3.63, 3.8) is 0 Å². The molecule has 0 saturated carbocycles. The lowest BCUT2D eigenvalue weighted by Crippen LogP contribution is -2.12. The summed E-state index contributed by atoms with van der Waals surface area (Å²) in [7, 11) is 0. The van der Waals surface area contributed by atoms with Crippen LogP contribution in [0.1, 0.15) is 30.9 Å². The fourth-order valence-electron chi connectivity index (χ4n) is 1.91. The van der Waals surface area contributed by atoms with Crippen LogP contribution >= 0.6 is 0 Å². The van der Waals surface area contributed by atoms with E-state index < -0.39 is 0 Å². The van der Waals surface area contributed by atoms with Crippen molar-refractivity contribution < 1.29 is 0 Å². The van der Waals surface area contributed by atoms with Crippen LogP contribution in [0.4, 0.5) is 5.82 Å². The molecule has 2 aromatic rings. The second kappa shape index (κ2) is 6.24. The SMILES string of the molecule is CC(C)Cc1cc(NN)nc(Cc2ccncc2)n1. The molecule has 0 aliphatic carbocycles. The molecule has 0 spiro atoms. The van der Waals surface area contributed by atoms with Crippen molar-refractivity contribution in [1.82, 2.24) is 15.0 Å². The first kappa shape index (κ1) is 13.4. The predicted octanol–water partition coefficient (Wildman–Crippen LogP) is 1.95. The van der Waals surface area contributed by atoms with Gasteiger partial charge in [0.2, 0.25) is 0 Å². The van der Waals surface area contributed by atoms with E-state index in [1.807, 2.05) is 18.2 Å². The monoisotopic (exact) mass is 257 g/mol. The maximum Gasteiger partial charge on any atom is 0.143 e. The molecule has 0 aromatic carbocycles. The Kier molecular flexibility index (Phi) is 4.41. The fraction of sp³-hybridized carbons (Fsp3) is 0.357. The van der Waals surface area contributed by atoms with E-state index >= 15 is 0 Å². The lowest BCUT2D eigenvalue weighted by Gasteiger charge is -2.09. The Morgan fingerprint density at radius 1 is 1.21 bits per heavy atom. The standard InChI is InChI=1S/C14H19N5/c1-10(2)7-12-9-14(19-15)18-13(17-12)8-11-3-5-16-6-4-11/h3-6,9-10H,7-8,15H2,1-2H3,(H,17,18,19). The van der Waals surface area contributed by atoms with Crippen LogP contribution in [0.3, 0.4) is 0 Å². The Hall–Kier alpha value is -2.01. The number of nitrogens with one attached hydrogen (secondary N) is 1. The van der Waals surface area contributed by atoms with Crippen molar-refractivity contribution in [3.8, 4) is 0 Å². The Morgan fingerprint density at radius 3 is 2.58 bits per heavy atom. The highest BCUT2D eigenvalue weighted by molar-refractivity contribution is 5.35. The van der Waals surface area contributed by atoms with Crippen molar-refractivity contribution >= 4 is 5.82 Å². The van der Waals surface area contributed by atoms with E-state index in [0.717, 1.165) is 23.5 Å². The third-order valence-corrected chi connectivity index (χ3v) is 2.70. The molecular weight excluding hydrogens is 238 g/mol. The summed E-state index contributed by atoms with van der Waals surface area (Å²) in [4.78, 5) is 13.0. The van der Waals surface area contributed by atoms with Gasteiger partial charge in [-0.1, -0.05) is 13.8 Å². The molecule has 3 N–H and O–H groups in total. The van der Waals surface area contributed by atoms with Gasteiger partial charge in [0.15, 0.2) is 0 Å². The van der Waals surface area contributed by atoms with Gasteiger partial charge in [-0.05, 0) is 30.0 Å². The molecule has 0 atom stereocenters. The molecule has 0 radical (unpaired) electrons. The first-order valence-corrected chi connectivity index (χ1v) is 6.39. The maximum absolute atomic E-state index is 5.46. The Balaban J connectivity index is 2.24. The van der Waals surface area contributed by atoms with Gasteiger partial charge >= 0.3 is 0 Å². The second-order valence-corrected chi connectivity index (χ2v) is 4.94. The topological polar surface area (TPSA) is 76.7 Å². The van der Waals surface area contributed by atoms with Gasteiger partial charge in [0, 0.05) is 30.6 Å². The molecular formula is C14H19N5. The van der Waals surface area contributed by atoms with Crippen LogP contribution in [0.2, 0.25) is 0 Å². The number of nitrogens with two attached hydrogens (primary N) is 1. The van der Waals surface area contributed by atoms with Gasteiger partial charge in [-0.25, -0.2) is 15.8 Å². The summed E-state index contributed by atoms with van der Waals surface area (Å²) in [5, 5.41) is 0. The van der Waals surface area contributed by atoms with Crippen molar-refractivity contribution in [2.24, 2.45) is 11.8 Å². The zero-order valence-electron chi connectivity index (χ0n) is 11.3. The van der Waals surface area contributed by atoms with Gasteiger partial charge in [-0.15, -0.1) is 0 Å². The molecule has 2 rings (SSSR count). The first-order valence-electron chi connectivity index (χ1n) is 6.39. The van der Waals surface area contributed by atoms with Crippen LogP contribution in [0.15, 0.2) is 30.6 Å². The van der Waals surface area contributed by atoms with Crippen molar-refractivity contribution in [1.29, 1.82) is 0 Å². The van der Waals surface area contributed by atoms with E-state index in [-0.39, 0.29) is 0 Å². The first-order chi connectivity index (χ1) is 9.17. The number of hydrogen-bond donors (Lipinski definition) is 2. The van der Waals surface area contributed by atoms with E-state index in [2.05, 4.69) is 34.2 Å². The quantitative estimate of drug-likeness (QED) is 0.632. The highest BCUT2D eigenvalue weighted by Gasteiger charge is 2.07. The molecule has 0 aliphatic heterocycles. The summed E-state index contributed by atoms with van der Waals surface area (Å²) in [6.45, 7) is 4.33. The van der Waals surface area contributed by atoms with Gasteiger partial charge in [-0.3, -0.25) is 4.98 Å². The molecule has 2 aromatic heterocycles. The third kappa shape index (κ3) is 3.99. The smallest absolute Gasteiger partial charge is 0.143 e. The van der Waals surface area contributed by atoms with Crippen LogP contribution in [-0.4, -0.2) is 15.0 Å². The van der Waals surface area contributed by atoms with Gasteiger partial charge in [-0.2, -0.15) is 0 Å². The van der Waals surface area contributed by atoms with Gasteiger partial charge < -0.3 is 5.43 Å². The molecule has 0 aliphatic rings. The van der Waals surface area contributed by atoms with E-state index in [0.29, 0.717) is 18.2 Å². The van der Waals surface area contributed by atoms with Crippen molar-refractivity contribution in [2.45, 2.75) is 26.7 Å². The zero-order chi connectivity index (χ0) is 13.7. The minimum Gasteiger partial charge on any atom is -0.308 e. The van der Waals surface area contributed by atoms with E-state index in [9.17, 15) is 0 Å². The fourth-order valence-corrected chi connectivity index (χ4v) is 1.91. The molecule has 5 nitrogen and oxygen atoms in total. The van der Waals surface area contributed by atoms with Gasteiger partial charge in [0.25, 0.3) is 0 Å². The summed E-state index contributed by atoms with van der Waals surface area (Å²) in [6.07, 6.45) is 5.15. The zero-order valence-corrected chi connectivity index (χ0v) is 11.3. The number of pyridine rings is 1. The van der Waals surface area contributed by atoms with Gasteiger partial charge in [0.1, 0.15) is 11.6 Å². The highest BCUT2D eigenvalue weighted by Crippen LogP contribution is 2.12. The van der Waals surface area contributed by atoms with Crippen LogP contribution in [0.25, 0.3) is 0 Å². The number of aromatic nitrogens is 3. The molecule has 100 valence electrons. The molecule has 0 fully saturated rings. The van der Waals surface area contributed by atoms with Crippen molar-refractivity contribution in [2.75, 3.05) is 5.43 Å². The molecule has 0 bridgehead atoms. The normalized spacial score (nSPS) is 10.7. The number of nitrogen functional groups attached to an aromatic ring is 1. The summed E-state index contributed by atoms with van der Waals surface area (Å²) < 4.78 is 0. The van der Waals surface area contributed by atoms with Crippen LogP contribution in [0.5, 0.6) is 0 Å². The van der Waals surface area contributed by atoms with E-state index in [1.165, 1.54) is 0 Å². The van der Waals surface area contributed by atoms with Gasteiger partial charge in [0.05, 0.1) is 0 Å². The van der Waals surface area contributed by atoms with Crippen LogP contribution in [-0.2, 0) is 12.8 Å². The summed E-state index contributed by atoms with van der Waals surface area (Å²) >= 11 is 0. The van der Waals surface area contributed by atoms with E-state index in [4.69, 9.17) is 5.84 Å². The average Bonchev–Trinajstić information content (AvgIpc) is 2.38. The lowest BCUT2D eigenvalue weighted by molar-refractivity contribution is 0.631. The summed E-state index contributed by atoms with van der Waals surface area (Å²) in [6, 6.07) is 5.83. The summed E-state index contributed by atoms with van der Waals surface area (Å²) in [5.41, 5.74) is 4.76.